The average molecular weight is 286 g/mol. The van der Waals surface area contributed by atoms with Gasteiger partial charge >= 0.3 is 5.97 Å². The normalized spacial score (nSPS) is 22.3. The van der Waals surface area contributed by atoms with E-state index in [4.69, 9.17) is 0 Å². The quantitative estimate of drug-likeness (QED) is 0.754. The van der Waals surface area contributed by atoms with Gasteiger partial charge in [-0.1, -0.05) is 26.8 Å². The van der Waals surface area contributed by atoms with Crippen LogP contribution in [-0.4, -0.2) is 22.1 Å². The predicted octanol–water partition coefficient (Wildman–Crippen LogP) is 3.13. The van der Waals surface area contributed by atoms with Crippen LogP contribution in [0.15, 0.2) is 18.2 Å². The number of hydrogen-bond donors (Lipinski definition) is 3. The molecule has 0 saturated heterocycles. The largest absolute Gasteiger partial charge is 0.480 e. The molecule has 3 rings (SSSR count). The summed E-state index contributed by atoms with van der Waals surface area (Å²) in [6.45, 7) is 8.58. The molecule has 0 aliphatic carbocycles. The van der Waals surface area contributed by atoms with E-state index >= 15 is 0 Å². The first kappa shape index (κ1) is 14.1. The fourth-order valence-electron chi connectivity index (χ4n) is 3.13. The first-order chi connectivity index (χ1) is 9.77. The van der Waals surface area contributed by atoms with Gasteiger partial charge < -0.3 is 10.1 Å². The molecule has 2 atom stereocenters. The Bertz CT molecular complexity index is 709. The number of benzene rings is 1. The Hall–Kier alpha value is -1.81. The van der Waals surface area contributed by atoms with E-state index in [1.54, 1.807) is 0 Å². The Morgan fingerprint density at radius 1 is 1.33 bits per heavy atom. The summed E-state index contributed by atoms with van der Waals surface area (Å²) < 4.78 is 0. The summed E-state index contributed by atoms with van der Waals surface area (Å²) in [6, 6.07) is 5.99. The van der Waals surface area contributed by atoms with Crippen molar-refractivity contribution < 1.29 is 9.90 Å². The van der Waals surface area contributed by atoms with E-state index in [0.29, 0.717) is 6.42 Å². The molecule has 2 heterocycles. The first-order valence-electron chi connectivity index (χ1n) is 7.41. The highest BCUT2D eigenvalue weighted by atomic mass is 16.4. The van der Waals surface area contributed by atoms with Crippen molar-refractivity contribution in [1.82, 2.24) is 10.3 Å². The van der Waals surface area contributed by atoms with Crippen LogP contribution in [-0.2, 0) is 16.6 Å². The molecule has 21 heavy (non-hydrogen) atoms. The van der Waals surface area contributed by atoms with E-state index in [-0.39, 0.29) is 11.5 Å². The van der Waals surface area contributed by atoms with Gasteiger partial charge in [-0.05, 0) is 35.6 Å². The molecule has 0 amide bonds. The lowest BCUT2D eigenvalue weighted by molar-refractivity contribution is -0.139. The Kier molecular flexibility index (Phi) is 3.10. The van der Waals surface area contributed by atoms with Gasteiger partial charge in [0.2, 0.25) is 0 Å². The summed E-state index contributed by atoms with van der Waals surface area (Å²) in [5.74, 6) is -0.783. The highest BCUT2D eigenvalue weighted by molar-refractivity contribution is 5.87. The number of rotatable bonds is 1. The monoisotopic (exact) mass is 286 g/mol. The summed E-state index contributed by atoms with van der Waals surface area (Å²) in [6.07, 6.45) is 0.530. The molecule has 4 nitrogen and oxygen atoms in total. The first-order valence-corrected chi connectivity index (χ1v) is 7.41. The maximum atomic E-state index is 11.3. The lowest BCUT2D eigenvalue weighted by atomic mass is 9.85. The minimum atomic E-state index is -0.783. The van der Waals surface area contributed by atoms with Crippen LogP contribution in [0.3, 0.4) is 0 Å². The average Bonchev–Trinajstić information content (AvgIpc) is 2.76. The van der Waals surface area contributed by atoms with Crippen LogP contribution in [0.4, 0.5) is 0 Å². The molecule has 1 aliphatic rings. The molecule has 4 heteroatoms. The molecule has 2 unspecified atom stereocenters. The standard InChI is InChI=1S/C17H22N2O2/c1-9-15-12(8-14(18-9)16(20)21)11-7-10(17(2,3)4)5-6-13(11)19-15/h5-7,9,14,18-19H,8H2,1-4H3,(H,20,21). The van der Waals surface area contributed by atoms with Crippen LogP contribution < -0.4 is 5.32 Å². The number of aromatic nitrogens is 1. The molecule has 1 aromatic carbocycles. The van der Waals surface area contributed by atoms with Crippen molar-refractivity contribution in [3.63, 3.8) is 0 Å². The number of carboxylic acids is 1. The zero-order valence-electron chi connectivity index (χ0n) is 12.9. The van der Waals surface area contributed by atoms with Crippen molar-refractivity contribution in [3.05, 3.63) is 35.0 Å². The van der Waals surface area contributed by atoms with Crippen molar-refractivity contribution in [1.29, 1.82) is 0 Å². The van der Waals surface area contributed by atoms with Crippen LogP contribution in [0.1, 0.15) is 50.6 Å². The van der Waals surface area contributed by atoms with Gasteiger partial charge in [-0.3, -0.25) is 10.1 Å². The van der Waals surface area contributed by atoms with Crippen molar-refractivity contribution in [3.8, 4) is 0 Å². The van der Waals surface area contributed by atoms with Gasteiger partial charge in [0.15, 0.2) is 0 Å². The van der Waals surface area contributed by atoms with Crippen molar-refractivity contribution >= 4 is 16.9 Å². The van der Waals surface area contributed by atoms with E-state index in [0.717, 1.165) is 22.2 Å². The second-order valence-electron chi connectivity index (χ2n) is 7.01. The van der Waals surface area contributed by atoms with E-state index in [1.165, 1.54) is 5.56 Å². The molecule has 0 fully saturated rings. The summed E-state index contributed by atoms with van der Waals surface area (Å²) in [5.41, 5.74) is 4.72. The van der Waals surface area contributed by atoms with Crippen LogP contribution in [0.25, 0.3) is 10.9 Å². The molecule has 0 bridgehead atoms. The molecule has 0 radical (unpaired) electrons. The lowest BCUT2D eigenvalue weighted by Crippen LogP contribution is -2.43. The zero-order valence-corrected chi connectivity index (χ0v) is 12.9. The topological polar surface area (TPSA) is 65.1 Å². The third-order valence-electron chi connectivity index (χ3n) is 4.40. The highest BCUT2D eigenvalue weighted by Gasteiger charge is 2.31. The minimum Gasteiger partial charge on any atom is -0.480 e. The second-order valence-corrected chi connectivity index (χ2v) is 7.01. The van der Waals surface area contributed by atoms with E-state index < -0.39 is 12.0 Å². The second kappa shape index (κ2) is 4.60. The fourth-order valence-corrected chi connectivity index (χ4v) is 3.13. The van der Waals surface area contributed by atoms with Gasteiger partial charge in [0.1, 0.15) is 6.04 Å². The smallest absolute Gasteiger partial charge is 0.321 e. The fraction of sp³-hybridized carbons (Fsp3) is 0.471. The summed E-state index contributed by atoms with van der Waals surface area (Å²) >= 11 is 0. The number of hydrogen-bond acceptors (Lipinski definition) is 2. The molecular formula is C17H22N2O2. The van der Waals surface area contributed by atoms with Crippen LogP contribution >= 0.6 is 0 Å². The molecule has 2 aromatic rings. The third-order valence-corrected chi connectivity index (χ3v) is 4.40. The molecule has 1 aliphatic heterocycles. The molecule has 0 spiro atoms. The van der Waals surface area contributed by atoms with Crippen LogP contribution in [0, 0.1) is 0 Å². The van der Waals surface area contributed by atoms with Crippen molar-refractivity contribution in [2.45, 2.75) is 51.6 Å². The number of aromatic amines is 1. The summed E-state index contributed by atoms with van der Waals surface area (Å²) in [4.78, 5) is 14.8. The van der Waals surface area contributed by atoms with Crippen molar-refractivity contribution in [2.24, 2.45) is 0 Å². The molecule has 112 valence electrons. The third kappa shape index (κ3) is 2.33. The maximum Gasteiger partial charge on any atom is 0.321 e. The molecule has 0 saturated carbocycles. The minimum absolute atomic E-state index is 0.0281. The number of H-pyrrole nitrogens is 1. The van der Waals surface area contributed by atoms with Crippen molar-refractivity contribution in [2.75, 3.05) is 0 Å². The number of nitrogens with one attached hydrogen (secondary N) is 2. The maximum absolute atomic E-state index is 11.3. The van der Waals surface area contributed by atoms with E-state index in [2.05, 4.69) is 49.3 Å². The van der Waals surface area contributed by atoms with Crippen LogP contribution in [0.5, 0.6) is 0 Å². The molecular weight excluding hydrogens is 264 g/mol. The number of carboxylic acid groups (broad SMARTS) is 1. The summed E-state index contributed by atoms with van der Waals surface area (Å²) in [5, 5.41) is 13.6. The van der Waals surface area contributed by atoms with Gasteiger partial charge in [-0.25, -0.2) is 0 Å². The van der Waals surface area contributed by atoms with Crippen LogP contribution in [0.2, 0.25) is 0 Å². The summed E-state index contributed by atoms with van der Waals surface area (Å²) in [7, 11) is 0. The van der Waals surface area contributed by atoms with Gasteiger partial charge in [0, 0.05) is 29.1 Å². The Labute approximate surface area is 124 Å². The Morgan fingerprint density at radius 2 is 2.05 bits per heavy atom. The van der Waals surface area contributed by atoms with Gasteiger partial charge in [0.05, 0.1) is 0 Å². The number of aliphatic carboxylic acids is 1. The molecule has 1 aromatic heterocycles. The van der Waals surface area contributed by atoms with E-state index in [1.807, 2.05) is 6.92 Å². The number of carbonyl (C=O) groups is 1. The number of fused-ring (bicyclic) bond motifs is 3. The van der Waals surface area contributed by atoms with Gasteiger partial charge in [0.25, 0.3) is 0 Å². The van der Waals surface area contributed by atoms with Gasteiger partial charge in [-0.15, -0.1) is 0 Å². The Morgan fingerprint density at radius 3 is 2.67 bits per heavy atom. The van der Waals surface area contributed by atoms with E-state index in [9.17, 15) is 9.90 Å². The highest BCUT2D eigenvalue weighted by Crippen LogP contribution is 2.34. The lowest BCUT2D eigenvalue weighted by Gasteiger charge is -2.26. The zero-order chi connectivity index (χ0) is 15.4. The SMILES string of the molecule is CC1NC(C(=O)O)Cc2c1[nH]c1ccc(C(C)(C)C)cc21. The van der Waals surface area contributed by atoms with Gasteiger partial charge in [-0.2, -0.15) is 0 Å². The predicted molar refractivity (Wildman–Crippen MR) is 83.7 cm³/mol. The molecule has 3 N–H and O–H groups in total. The Balaban J connectivity index is 2.16.